The van der Waals surface area contributed by atoms with Crippen molar-refractivity contribution in [3.8, 4) is 0 Å². The number of rotatable bonds is 4. The van der Waals surface area contributed by atoms with Gasteiger partial charge in [0.15, 0.2) is 0 Å². The van der Waals surface area contributed by atoms with Gasteiger partial charge in [0.1, 0.15) is 5.82 Å². The van der Waals surface area contributed by atoms with Gasteiger partial charge in [-0.1, -0.05) is 28.9 Å². The van der Waals surface area contributed by atoms with Crippen molar-refractivity contribution >= 4 is 46.3 Å². The number of nitrogens with one attached hydrogen (secondary N) is 1. The van der Waals surface area contributed by atoms with Crippen molar-refractivity contribution in [1.29, 1.82) is 0 Å². The molecule has 0 atom stereocenters. The minimum Gasteiger partial charge on any atom is -0.351 e. The number of thioether (sulfide) groups is 1. The summed E-state index contributed by atoms with van der Waals surface area (Å²) in [6.45, 7) is 0.264. The zero-order valence-electron chi connectivity index (χ0n) is 14.0. The van der Waals surface area contributed by atoms with Crippen LogP contribution >= 0.6 is 11.8 Å². The molecule has 0 bridgehead atoms. The Morgan fingerprint density at radius 2 is 2.04 bits per heavy atom. The summed E-state index contributed by atoms with van der Waals surface area (Å²) in [6, 6.07) is 5.24. The highest BCUT2D eigenvalue weighted by molar-refractivity contribution is 8.14. The maximum absolute atomic E-state index is 13.5. The quantitative estimate of drug-likeness (QED) is 0.619. The fourth-order valence-electron chi connectivity index (χ4n) is 2.36. The molecule has 134 valence electrons. The number of benzene rings is 1. The van der Waals surface area contributed by atoms with Gasteiger partial charge in [-0.25, -0.2) is 14.0 Å². The second-order valence-electron chi connectivity index (χ2n) is 5.47. The number of nitrogens with zero attached hydrogens (tertiary/aromatic N) is 4. The average molecular weight is 376 g/mol. The molecule has 4 amide bonds. The van der Waals surface area contributed by atoms with Gasteiger partial charge in [-0.3, -0.25) is 4.79 Å². The van der Waals surface area contributed by atoms with Crippen molar-refractivity contribution in [2.75, 3.05) is 26.4 Å². The molecule has 2 aliphatic rings. The maximum atomic E-state index is 13.5. The number of aliphatic imine (C=N–C) groups is 2. The predicted octanol–water partition coefficient (Wildman–Crippen LogP) is 0.732. The van der Waals surface area contributed by atoms with E-state index in [0.29, 0.717) is 10.9 Å². The highest BCUT2D eigenvalue weighted by atomic mass is 32.2. The molecule has 0 saturated heterocycles. The molecule has 0 aromatic heterocycles. The Morgan fingerprint density at radius 1 is 1.31 bits per heavy atom. The fraction of sp³-hybridized carbons (Fsp3) is 0.250. The molecule has 1 N–H and O–H groups in total. The molecule has 0 aliphatic carbocycles. The lowest BCUT2D eigenvalue weighted by molar-refractivity contribution is -0.401. The van der Waals surface area contributed by atoms with Crippen LogP contribution in [0.15, 0.2) is 34.3 Å². The summed E-state index contributed by atoms with van der Waals surface area (Å²) in [5, 5.41) is 2.94. The van der Waals surface area contributed by atoms with Crippen LogP contribution in [0.5, 0.6) is 0 Å². The summed E-state index contributed by atoms with van der Waals surface area (Å²) in [6.07, 6.45) is 0. The van der Waals surface area contributed by atoms with Gasteiger partial charge in [0.2, 0.25) is 5.71 Å². The van der Waals surface area contributed by atoms with E-state index in [1.165, 1.54) is 48.6 Å². The second-order valence-corrected chi connectivity index (χ2v) is 6.53. The number of carbonyl (C=O) groups excluding carboxylic acids is 3. The Balaban J connectivity index is 1.58. The van der Waals surface area contributed by atoms with E-state index in [0.717, 1.165) is 4.90 Å². The minimum absolute atomic E-state index is 0.0219. The van der Waals surface area contributed by atoms with E-state index in [2.05, 4.69) is 15.3 Å². The molecule has 0 spiro atoms. The summed E-state index contributed by atoms with van der Waals surface area (Å²) in [5.74, 6) is -0.954. The lowest BCUT2D eigenvalue weighted by Gasteiger charge is -2.15. The van der Waals surface area contributed by atoms with Crippen LogP contribution in [0.3, 0.4) is 0 Å². The SMILES string of the molecule is CN1C(=O)C2=NC(SCCNC(=O)c3ccccc3F)=NC2=[N+](C)C1=O. The molecule has 1 aromatic carbocycles. The van der Waals surface area contributed by atoms with Crippen molar-refractivity contribution in [2.45, 2.75) is 0 Å². The van der Waals surface area contributed by atoms with Crippen LogP contribution in [0.1, 0.15) is 10.4 Å². The lowest BCUT2D eigenvalue weighted by Crippen LogP contribution is -2.51. The van der Waals surface area contributed by atoms with Gasteiger partial charge in [0, 0.05) is 12.3 Å². The minimum atomic E-state index is -0.583. The van der Waals surface area contributed by atoms with Crippen LogP contribution in [0.4, 0.5) is 9.18 Å². The number of urea groups is 1. The lowest BCUT2D eigenvalue weighted by atomic mass is 10.2. The van der Waals surface area contributed by atoms with Crippen molar-refractivity contribution in [3.63, 3.8) is 0 Å². The molecule has 3 rings (SSSR count). The number of hydrogen-bond donors (Lipinski definition) is 1. The summed E-state index contributed by atoms with van der Waals surface area (Å²) >= 11 is 1.22. The molecule has 0 fully saturated rings. The zero-order valence-corrected chi connectivity index (χ0v) is 14.8. The summed E-state index contributed by atoms with van der Waals surface area (Å²) in [7, 11) is 2.89. The Hall–Kier alpha value is -2.88. The Kier molecular flexibility index (Phi) is 4.94. The average Bonchev–Trinajstić information content (AvgIpc) is 3.06. The number of amides is 4. The number of carbonyl (C=O) groups is 3. The molecule has 1 aromatic rings. The van der Waals surface area contributed by atoms with Gasteiger partial charge in [-0.05, 0) is 12.1 Å². The summed E-state index contributed by atoms with van der Waals surface area (Å²) < 4.78 is 14.8. The molecule has 0 unspecified atom stereocenters. The van der Waals surface area contributed by atoms with Gasteiger partial charge in [-0.2, -0.15) is 14.5 Å². The van der Waals surface area contributed by atoms with Crippen molar-refractivity contribution in [3.05, 3.63) is 35.6 Å². The summed E-state index contributed by atoms with van der Waals surface area (Å²) in [4.78, 5) is 45.2. The van der Waals surface area contributed by atoms with Crippen molar-refractivity contribution in [1.82, 2.24) is 10.2 Å². The highest BCUT2D eigenvalue weighted by Crippen LogP contribution is 2.16. The first-order valence-corrected chi connectivity index (χ1v) is 8.64. The molecule has 26 heavy (non-hydrogen) atoms. The third-order valence-corrected chi connectivity index (χ3v) is 4.61. The largest absolute Gasteiger partial charge is 0.446 e. The molecular formula is C16H15FN5O3S+. The Labute approximate surface area is 152 Å². The van der Waals surface area contributed by atoms with Crippen molar-refractivity contribution in [2.24, 2.45) is 9.98 Å². The van der Waals surface area contributed by atoms with Gasteiger partial charge in [-0.15, -0.1) is 0 Å². The summed E-state index contributed by atoms with van der Waals surface area (Å²) in [5.41, 5.74) is 0.0961. The van der Waals surface area contributed by atoms with Crippen LogP contribution < -0.4 is 5.32 Å². The maximum Gasteiger partial charge on any atom is 0.446 e. The number of imide groups is 1. The monoisotopic (exact) mass is 376 g/mol. The van der Waals surface area contributed by atoms with Crippen LogP contribution in [0, 0.1) is 5.82 Å². The predicted molar refractivity (Wildman–Crippen MR) is 95.4 cm³/mol. The van der Waals surface area contributed by atoms with Gasteiger partial charge >= 0.3 is 17.8 Å². The first kappa shape index (κ1) is 17.9. The number of halogens is 1. The number of fused-ring (bicyclic) bond motifs is 1. The molecule has 10 heteroatoms. The first-order valence-electron chi connectivity index (χ1n) is 7.66. The van der Waals surface area contributed by atoms with E-state index in [4.69, 9.17) is 0 Å². The standard InChI is InChI=1S/C16H14FN5O3S/c1-21-12-11(14(24)22(2)16(21)25)19-15(20-12)26-8-7-18-13(23)9-5-3-4-6-10(9)17/h3-6H,7-8H2,1-2H3/p+1. The molecule has 2 aliphatic heterocycles. The molecule has 2 heterocycles. The molecule has 0 radical (unpaired) electrons. The van der Waals surface area contributed by atoms with Crippen LogP contribution in [-0.2, 0) is 4.79 Å². The van der Waals surface area contributed by atoms with Gasteiger partial charge in [0.05, 0.1) is 19.7 Å². The fourth-order valence-corrected chi connectivity index (χ4v) is 3.06. The third kappa shape index (κ3) is 3.27. The Morgan fingerprint density at radius 3 is 2.77 bits per heavy atom. The smallest absolute Gasteiger partial charge is 0.351 e. The highest BCUT2D eigenvalue weighted by Gasteiger charge is 2.44. The zero-order chi connectivity index (χ0) is 18.8. The van der Waals surface area contributed by atoms with E-state index >= 15 is 0 Å². The van der Waals surface area contributed by atoms with Crippen LogP contribution in [0.2, 0.25) is 0 Å². The van der Waals surface area contributed by atoms with Gasteiger partial charge < -0.3 is 5.32 Å². The van der Waals surface area contributed by atoms with Gasteiger partial charge in [0.25, 0.3) is 11.1 Å². The van der Waals surface area contributed by atoms with E-state index in [1.54, 1.807) is 6.07 Å². The van der Waals surface area contributed by atoms with E-state index in [-0.39, 0.29) is 23.7 Å². The van der Waals surface area contributed by atoms with Crippen LogP contribution in [0.25, 0.3) is 0 Å². The van der Waals surface area contributed by atoms with Crippen LogP contribution in [-0.4, -0.2) is 70.4 Å². The molecular weight excluding hydrogens is 361 g/mol. The molecule has 8 nitrogen and oxygen atoms in total. The second kappa shape index (κ2) is 7.16. The van der Waals surface area contributed by atoms with Crippen molar-refractivity contribution < 1.29 is 23.3 Å². The number of hydrogen-bond acceptors (Lipinski definition) is 6. The topological polar surface area (TPSA) is 94.2 Å². The number of amidine groups is 2. The first-order chi connectivity index (χ1) is 12.4. The normalized spacial score (nSPS) is 16.5. The van der Waals surface area contributed by atoms with E-state index in [1.807, 2.05) is 0 Å². The van der Waals surface area contributed by atoms with E-state index in [9.17, 15) is 18.8 Å². The van der Waals surface area contributed by atoms with E-state index < -0.39 is 23.7 Å². The Bertz CT molecular complexity index is 909. The molecule has 0 saturated carbocycles. The third-order valence-electron chi connectivity index (χ3n) is 3.76.